The number of allylic oxidation sites excluding steroid dienone is 2. The van der Waals surface area contributed by atoms with E-state index in [2.05, 4.69) is 4.98 Å². The topological polar surface area (TPSA) is 70.5 Å². The first-order valence-corrected chi connectivity index (χ1v) is 7.40. The highest BCUT2D eigenvalue weighted by Crippen LogP contribution is 2.27. The Labute approximate surface area is 121 Å². The summed E-state index contributed by atoms with van der Waals surface area (Å²) in [5.74, 6) is -2.10. The van der Waals surface area contributed by atoms with Crippen LogP contribution in [-0.4, -0.2) is 33.9 Å². The van der Waals surface area contributed by atoms with Crippen LogP contribution in [0, 0.1) is 18.8 Å². The maximum absolute atomic E-state index is 12.4. The molecule has 0 saturated carbocycles. The number of nitrogens with zero attached hydrogens (tertiary/aromatic N) is 2. The molecule has 0 fully saturated rings. The van der Waals surface area contributed by atoms with Gasteiger partial charge in [0.2, 0.25) is 5.91 Å². The second-order valence-electron chi connectivity index (χ2n) is 5.05. The molecule has 20 heavy (non-hydrogen) atoms. The Morgan fingerprint density at radius 3 is 2.60 bits per heavy atom. The Balaban J connectivity index is 2.05. The molecule has 0 spiro atoms. The summed E-state index contributed by atoms with van der Waals surface area (Å²) in [6.45, 7) is 2.35. The van der Waals surface area contributed by atoms with Gasteiger partial charge in [-0.25, -0.2) is 4.98 Å². The van der Waals surface area contributed by atoms with Crippen molar-refractivity contribution in [3.63, 3.8) is 0 Å². The minimum atomic E-state index is -0.898. The third kappa shape index (κ3) is 3.25. The highest BCUT2D eigenvalue weighted by atomic mass is 32.1. The van der Waals surface area contributed by atoms with Gasteiger partial charge in [-0.05, 0) is 19.8 Å². The van der Waals surface area contributed by atoms with E-state index in [1.807, 2.05) is 24.5 Å². The maximum Gasteiger partial charge on any atom is 0.307 e. The van der Waals surface area contributed by atoms with Gasteiger partial charge < -0.3 is 10.0 Å². The van der Waals surface area contributed by atoms with Crippen LogP contribution in [0.5, 0.6) is 0 Å². The Morgan fingerprint density at radius 1 is 1.40 bits per heavy atom. The Hall–Kier alpha value is -1.69. The molecule has 0 saturated heterocycles. The molecule has 108 valence electrons. The molecule has 1 heterocycles. The molecule has 1 aliphatic carbocycles. The number of hydrogen-bond donors (Lipinski definition) is 1. The summed E-state index contributed by atoms with van der Waals surface area (Å²) in [5, 5.41) is 12.1. The van der Waals surface area contributed by atoms with Crippen molar-refractivity contribution >= 4 is 23.2 Å². The Bertz CT molecular complexity index is 538. The first-order valence-electron chi connectivity index (χ1n) is 6.53. The van der Waals surface area contributed by atoms with Crippen molar-refractivity contribution in [1.29, 1.82) is 0 Å². The number of aliphatic carboxylic acids is 1. The molecule has 2 atom stereocenters. The van der Waals surface area contributed by atoms with Crippen LogP contribution in [0.1, 0.15) is 23.5 Å². The molecule has 0 radical (unpaired) electrons. The van der Waals surface area contributed by atoms with E-state index < -0.39 is 17.8 Å². The van der Waals surface area contributed by atoms with E-state index in [-0.39, 0.29) is 5.91 Å². The largest absolute Gasteiger partial charge is 0.481 e. The van der Waals surface area contributed by atoms with Crippen LogP contribution in [0.3, 0.4) is 0 Å². The van der Waals surface area contributed by atoms with Gasteiger partial charge >= 0.3 is 5.97 Å². The molecule has 1 aromatic heterocycles. The fourth-order valence-corrected chi connectivity index (χ4v) is 3.05. The van der Waals surface area contributed by atoms with E-state index in [9.17, 15) is 14.7 Å². The van der Waals surface area contributed by atoms with Gasteiger partial charge in [-0.15, -0.1) is 11.3 Å². The number of thiazole rings is 1. The smallest absolute Gasteiger partial charge is 0.307 e. The first kappa shape index (κ1) is 14.7. The van der Waals surface area contributed by atoms with Gasteiger partial charge in [0.1, 0.15) is 0 Å². The average Bonchev–Trinajstić information content (AvgIpc) is 2.83. The summed E-state index contributed by atoms with van der Waals surface area (Å²) in [7, 11) is 1.70. The molecule has 0 aromatic carbocycles. The van der Waals surface area contributed by atoms with Gasteiger partial charge in [-0.2, -0.15) is 0 Å². The van der Waals surface area contributed by atoms with Crippen molar-refractivity contribution in [3.05, 3.63) is 28.2 Å². The number of hydrogen-bond acceptors (Lipinski definition) is 4. The van der Waals surface area contributed by atoms with Crippen molar-refractivity contribution < 1.29 is 14.7 Å². The molecule has 5 nitrogen and oxygen atoms in total. The lowest BCUT2D eigenvalue weighted by Gasteiger charge is -2.28. The molecular weight excluding hydrogens is 276 g/mol. The van der Waals surface area contributed by atoms with E-state index in [1.54, 1.807) is 23.3 Å². The van der Waals surface area contributed by atoms with Crippen molar-refractivity contribution in [3.8, 4) is 0 Å². The zero-order valence-corrected chi connectivity index (χ0v) is 12.4. The van der Waals surface area contributed by atoms with E-state index in [0.717, 1.165) is 10.7 Å². The van der Waals surface area contributed by atoms with Crippen molar-refractivity contribution in [2.75, 3.05) is 7.05 Å². The number of carbonyl (C=O) groups is 2. The highest BCUT2D eigenvalue weighted by Gasteiger charge is 2.35. The summed E-state index contributed by atoms with van der Waals surface area (Å²) >= 11 is 1.54. The lowest BCUT2D eigenvalue weighted by Crippen LogP contribution is -2.39. The zero-order valence-electron chi connectivity index (χ0n) is 11.6. The van der Waals surface area contributed by atoms with Crippen LogP contribution in [0.15, 0.2) is 17.5 Å². The molecule has 1 amide bonds. The van der Waals surface area contributed by atoms with Crippen LogP contribution in [0.2, 0.25) is 0 Å². The summed E-state index contributed by atoms with van der Waals surface area (Å²) in [4.78, 5) is 29.6. The van der Waals surface area contributed by atoms with E-state index in [1.165, 1.54) is 0 Å². The van der Waals surface area contributed by atoms with Gasteiger partial charge in [0, 0.05) is 12.4 Å². The number of aryl methyl sites for hydroxylation is 1. The summed E-state index contributed by atoms with van der Waals surface area (Å²) in [6, 6.07) is 0. The summed E-state index contributed by atoms with van der Waals surface area (Å²) < 4.78 is 0. The minimum absolute atomic E-state index is 0.118. The van der Waals surface area contributed by atoms with Crippen LogP contribution in [0.25, 0.3) is 0 Å². The Morgan fingerprint density at radius 2 is 2.05 bits per heavy atom. The molecular formula is C14H18N2O3S. The summed E-state index contributed by atoms with van der Waals surface area (Å²) in [5.41, 5.74) is 0.849. The second-order valence-corrected chi connectivity index (χ2v) is 6.11. The number of rotatable bonds is 4. The lowest BCUT2D eigenvalue weighted by atomic mass is 9.82. The predicted molar refractivity (Wildman–Crippen MR) is 76.3 cm³/mol. The molecule has 1 N–H and O–H groups in total. The number of carbonyl (C=O) groups excluding carboxylic acids is 1. The number of aromatic nitrogens is 1. The van der Waals surface area contributed by atoms with Crippen LogP contribution >= 0.6 is 11.3 Å². The first-order chi connectivity index (χ1) is 9.49. The third-order valence-corrected chi connectivity index (χ3v) is 4.33. The normalized spacial score (nSPS) is 21.7. The highest BCUT2D eigenvalue weighted by molar-refractivity contribution is 7.09. The van der Waals surface area contributed by atoms with Crippen LogP contribution in [0.4, 0.5) is 0 Å². The molecule has 2 rings (SSSR count). The lowest BCUT2D eigenvalue weighted by molar-refractivity contribution is -0.150. The van der Waals surface area contributed by atoms with E-state index >= 15 is 0 Å². The fourth-order valence-electron chi connectivity index (χ4n) is 2.44. The molecule has 0 aliphatic heterocycles. The molecule has 6 heteroatoms. The fraction of sp³-hybridized carbons (Fsp3) is 0.500. The van der Waals surface area contributed by atoms with E-state index in [4.69, 9.17) is 0 Å². The third-order valence-electron chi connectivity index (χ3n) is 3.51. The number of carboxylic acid groups (broad SMARTS) is 1. The maximum atomic E-state index is 12.4. The van der Waals surface area contributed by atoms with Crippen molar-refractivity contribution in [2.24, 2.45) is 11.8 Å². The number of carboxylic acids is 1. The number of amides is 1. The second kappa shape index (κ2) is 6.17. The molecule has 1 aromatic rings. The van der Waals surface area contributed by atoms with Gasteiger partial charge in [0.05, 0.1) is 29.1 Å². The molecule has 1 aliphatic rings. The zero-order chi connectivity index (χ0) is 14.7. The SMILES string of the molecule is Cc1nc(CN(C)C(=O)C2CC=CCC2C(=O)O)cs1. The average molecular weight is 294 g/mol. The quantitative estimate of drug-likeness (QED) is 0.863. The van der Waals surface area contributed by atoms with E-state index in [0.29, 0.717) is 19.4 Å². The van der Waals surface area contributed by atoms with Crippen LogP contribution < -0.4 is 0 Å². The van der Waals surface area contributed by atoms with Gasteiger partial charge in [-0.3, -0.25) is 9.59 Å². The van der Waals surface area contributed by atoms with Gasteiger partial charge in [-0.1, -0.05) is 12.2 Å². The van der Waals surface area contributed by atoms with Crippen molar-refractivity contribution in [2.45, 2.75) is 26.3 Å². The Kier molecular flexibility index (Phi) is 4.54. The molecule has 2 unspecified atom stereocenters. The standard InChI is InChI=1S/C14H18N2O3S/c1-9-15-10(8-20-9)7-16(2)13(17)11-5-3-4-6-12(11)14(18)19/h3-4,8,11-12H,5-7H2,1-2H3,(H,18,19). The molecule has 0 bridgehead atoms. The van der Waals surface area contributed by atoms with Crippen molar-refractivity contribution in [1.82, 2.24) is 9.88 Å². The minimum Gasteiger partial charge on any atom is -0.481 e. The monoisotopic (exact) mass is 294 g/mol. The van der Waals surface area contributed by atoms with Crippen LogP contribution in [-0.2, 0) is 16.1 Å². The van der Waals surface area contributed by atoms with Gasteiger partial charge in [0.25, 0.3) is 0 Å². The van der Waals surface area contributed by atoms with Gasteiger partial charge in [0.15, 0.2) is 0 Å². The summed E-state index contributed by atoms with van der Waals surface area (Å²) in [6.07, 6.45) is 4.65. The predicted octanol–water partition coefficient (Wildman–Crippen LogP) is 2.08.